The number of thiazole rings is 1. The third-order valence-electron chi connectivity index (χ3n) is 7.54. The number of non-ortho nitro benzene ring substituents is 1. The lowest BCUT2D eigenvalue weighted by atomic mass is 9.93. The van der Waals surface area contributed by atoms with Gasteiger partial charge in [0.15, 0.2) is 4.80 Å². The largest absolute Gasteiger partial charge is 0.489 e. The van der Waals surface area contributed by atoms with Crippen LogP contribution in [0.5, 0.6) is 5.75 Å². The second kappa shape index (κ2) is 14.0. The first-order chi connectivity index (χ1) is 22.9. The molecule has 0 saturated carbocycles. The van der Waals surface area contributed by atoms with Gasteiger partial charge in [0, 0.05) is 22.6 Å². The van der Waals surface area contributed by atoms with E-state index in [1.165, 1.54) is 23.5 Å². The van der Waals surface area contributed by atoms with Gasteiger partial charge in [0.2, 0.25) is 0 Å². The van der Waals surface area contributed by atoms with E-state index in [-0.39, 0.29) is 24.5 Å². The average Bonchev–Trinajstić information content (AvgIpc) is 3.41. The lowest BCUT2D eigenvalue weighted by Crippen LogP contribution is -2.40. The van der Waals surface area contributed by atoms with E-state index in [0.29, 0.717) is 26.4 Å². The molecule has 0 unspecified atom stereocenters. The number of aromatic nitrogens is 1. The summed E-state index contributed by atoms with van der Waals surface area (Å²) in [5.41, 5.74) is 3.66. The molecular weight excluding hydrogens is 635 g/mol. The lowest BCUT2D eigenvalue weighted by molar-refractivity contribution is -0.384. The number of carbonyl (C=O) groups excluding carboxylic acids is 1. The van der Waals surface area contributed by atoms with Gasteiger partial charge in [-0.2, -0.15) is 0 Å². The number of rotatable bonds is 10. The van der Waals surface area contributed by atoms with Crippen LogP contribution in [0.25, 0.3) is 11.8 Å². The van der Waals surface area contributed by atoms with E-state index in [1.807, 2.05) is 73.0 Å². The summed E-state index contributed by atoms with van der Waals surface area (Å²) < 4.78 is 13.5. The molecule has 11 heteroatoms. The molecule has 0 fully saturated rings. The predicted octanol–water partition coefficient (Wildman–Crippen LogP) is 6.14. The van der Waals surface area contributed by atoms with Crippen molar-refractivity contribution in [3.05, 3.63) is 161 Å². The molecule has 1 atom stereocenters. The summed E-state index contributed by atoms with van der Waals surface area (Å²) >= 11 is 2.87. The van der Waals surface area contributed by atoms with Crippen LogP contribution in [0, 0.1) is 10.1 Å². The van der Waals surface area contributed by atoms with Gasteiger partial charge in [-0.15, -0.1) is 11.8 Å². The van der Waals surface area contributed by atoms with Crippen LogP contribution < -0.4 is 19.6 Å². The first kappa shape index (κ1) is 31.7. The Bertz CT molecular complexity index is 2140. The molecular formula is C36H29N3O6S2. The summed E-state index contributed by atoms with van der Waals surface area (Å²) in [6, 6.07) is 30.1. The Morgan fingerprint density at radius 3 is 2.34 bits per heavy atom. The van der Waals surface area contributed by atoms with E-state index >= 15 is 0 Å². The summed E-state index contributed by atoms with van der Waals surface area (Å²) in [5, 5.41) is 10.9. The minimum absolute atomic E-state index is 0.0246. The summed E-state index contributed by atoms with van der Waals surface area (Å²) in [6.07, 6.45) is 3.79. The van der Waals surface area contributed by atoms with Gasteiger partial charge in [-0.3, -0.25) is 19.5 Å². The van der Waals surface area contributed by atoms with E-state index in [1.54, 1.807) is 53.6 Å². The van der Waals surface area contributed by atoms with Crippen molar-refractivity contribution in [3.63, 3.8) is 0 Å². The van der Waals surface area contributed by atoms with Gasteiger partial charge in [0.25, 0.3) is 11.2 Å². The second-order valence-electron chi connectivity index (χ2n) is 10.5. The number of ether oxygens (including phenoxy) is 2. The van der Waals surface area contributed by atoms with Crippen LogP contribution in [0.2, 0.25) is 0 Å². The average molecular weight is 664 g/mol. The zero-order valence-corrected chi connectivity index (χ0v) is 27.1. The third-order valence-corrected chi connectivity index (χ3v) is 9.26. The third kappa shape index (κ3) is 6.81. The van der Waals surface area contributed by atoms with Crippen LogP contribution in [0.1, 0.15) is 35.2 Å². The molecule has 5 aromatic rings. The molecule has 1 aliphatic rings. The van der Waals surface area contributed by atoms with Crippen LogP contribution >= 0.6 is 23.1 Å². The van der Waals surface area contributed by atoms with Crippen molar-refractivity contribution in [1.29, 1.82) is 0 Å². The number of nitro benzene ring substituents is 1. The first-order valence-electron chi connectivity index (χ1n) is 14.7. The maximum atomic E-state index is 14.1. The van der Waals surface area contributed by atoms with Crippen LogP contribution in [0.3, 0.4) is 0 Å². The minimum Gasteiger partial charge on any atom is -0.489 e. The summed E-state index contributed by atoms with van der Waals surface area (Å²) in [4.78, 5) is 44.6. The maximum Gasteiger partial charge on any atom is 0.338 e. The standard InChI is InChI=1S/C36H29N3O6S2/c1-3-44-35(41)31-32(25-7-5-4-6-8-25)37-36-38(33(31)26-13-19-29(46-2)20-14-26)34(40)30(47-36)21-23-11-17-28(18-12-23)45-22-24-9-15-27(16-10-24)39(42)43/h4-21,33H,3,22H2,1-2H3/b30-21-/t33-/m1/s1. The SMILES string of the molecule is CCOC(=O)C1=C(c2ccccc2)N=c2s/c(=C\c3ccc(OCc4ccc([N+](=O)[O-])cc4)cc3)c(=O)n2[C@@H]1c1ccc(SC)cc1. The lowest BCUT2D eigenvalue weighted by Gasteiger charge is -2.26. The highest BCUT2D eigenvalue weighted by atomic mass is 32.2. The molecule has 0 bridgehead atoms. The summed E-state index contributed by atoms with van der Waals surface area (Å²) in [7, 11) is 0. The van der Waals surface area contributed by atoms with Crippen LogP contribution in [-0.4, -0.2) is 28.3 Å². The van der Waals surface area contributed by atoms with E-state index in [2.05, 4.69) is 0 Å². The molecule has 236 valence electrons. The summed E-state index contributed by atoms with van der Waals surface area (Å²) in [6.45, 7) is 2.19. The molecule has 0 N–H and O–H groups in total. The Morgan fingerprint density at radius 1 is 1.00 bits per heavy atom. The van der Waals surface area contributed by atoms with Crippen LogP contribution in [0.4, 0.5) is 5.69 Å². The molecule has 0 aliphatic carbocycles. The fourth-order valence-electron chi connectivity index (χ4n) is 5.23. The van der Waals surface area contributed by atoms with Crippen molar-refractivity contribution in [1.82, 2.24) is 4.57 Å². The molecule has 4 aromatic carbocycles. The number of fused-ring (bicyclic) bond motifs is 1. The highest BCUT2D eigenvalue weighted by Gasteiger charge is 2.35. The highest BCUT2D eigenvalue weighted by Crippen LogP contribution is 2.35. The topological polar surface area (TPSA) is 113 Å². The Morgan fingerprint density at radius 2 is 1.70 bits per heavy atom. The minimum atomic E-state index is -0.742. The number of hydrogen-bond acceptors (Lipinski definition) is 9. The molecule has 0 spiro atoms. The van der Waals surface area contributed by atoms with Crippen molar-refractivity contribution < 1.29 is 19.2 Å². The van der Waals surface area contributed by atoms with E-state index < -0.39 is 16.9 Å². The Balaban J connectivity index is 1.39. The van der Waals surface area contributed by atoms with Gasteiger partial charge in [-0.25, -0.2) is 9.79 Å². The van der Waals surface area contributed by atoms with Gasteiger partial charge >= 0.3 is 5.97 Å². The normalized spacial score (nSPS) is 14.3. The number of benzene rings is 4. The number of esters is 1. The molecule has 6 rings (SSSR count). The van der Waals surface area contributed by atoms with Gasteiger partial charge in [-0.05, 0) is 72.3 Å². The second-order valence-corrected chi connectivity index (χ2v) is 12.4. The van der Waals surface area contributed by atoms with Gasteiger partial charge in [-0.1, -0.05) is 65.9 Å². The van der Waals surface area contributed by atoms with Crippen molar-refractivity contribution in [2.24, 2.45) is 4.99 Å². The number of nitro groups is 1. The maximum absolute atomic E-state index is 14.1. The summed E-state index contributed by atoms with van der Waals surface area (Å²) in [5.74, 6) is 0.0925. The fourth-order valence-corrected chi connectivity index (χ4v) is 6.64. The number of carbonyl (C=O) groups is 1. The molecule has 9 nitrogen and oxygen atoms in total. The monoisotopic (exact) mass is 663 g/mol. The first-order valence-corrected chi connectivity index (χ1v) is 16.8. The zero-order valence-electron chi connectivity index (χ0n) is 25.5. The van der Waals surface area contributed by atoms with E-state index in [9.17, 15) is 19.7 Å². The molecule has 0 amide bonds. The molecule has 1 aromatic heterocycles. The van der Waals surface area contributed by atoms with Crippen LogP contribution in [0.15, 0.2) is 123 Å². The Hall–Kier alpha value is -5.26. The highest BCUT2D eigenvalue weighted by molar-refractivity contribution is 7.98. The Labute approximate surface area is 278 Å². The van der Waals surface area contributed by atoms with Crippen LogP contribution in [-0.2, 0) is 16.1 Å². The van der Waals surface area contributed by atoms with Gasteiger partial charge in [0.05, 0.1) is 33.4 Å². The van der Waals surface area contributed by atoms with E-state index in [0.717, 1.165) is 27.1 Å². The predicted molar refractivity (Wildman–Crippen MR) is 183 cm³/mol. The number of hydrogen-bond donors (Lipinski definition) is 0. The van der Waals surface area contributed by atoms with Crippen molar-refractivity contribution in [2.75, 3.05) is 12.9 Å². The fraction of sp³-hybridized carbons (Fsp3) is 0.139. The molecule has 2 heterocycles. The molecule has 0 radical (unpaired) electrons. The number of nitrogens with zero attached hydrogens (tertiary/aromatic N) is 3. The van der Waals surface area contributed by atoms with Crippen molar-refractivity contribution in [3.8, 4) is 5.75 Å². The quantitative estimate of drug-likeness (QED) is 0.0763. The van der Waals surface area contributed by atoms with E-state index in [4.69, 9.17) is 14.5 Å². The molecule has 0 saturated heterocycles. The van der Waals surface area contributed by atoms with Gasteiger partial charge < -0.3 is 9.47 Å². The number of thioether (sulfide) groups is 1. The van der Waals surface area contributed by atoms with Gasteiger partial charge in [0.1, 0.15) is 12.4 Å². The molecule has 1 aliphatic heterocycles. The van der Waals surface area contributed by atoms with Crippen molar-refractivity contribution in [2.45, 2.75) is 24.5 Å². The Kier molecular flexibility index (Phi) is 9.46. The van der Waals surface area contributed by atoms with Crippen molar-refractivity contribution >= 4 is 46.5 Å². The zero-order chi connectivity index (χ0) is 32.9. The molecule has 47 heavy (non-hydrogen) atoms. The smallest absolute Gasteiger partial charge is 0.338 e.